The van der Waals surface area contributed by atoms with Crippen molar-refractivity contribution in [3.05, 3.63) is 59.4 Å². The first-order valence-electron chi connectivity index (χ1n) is 6.43. The summed E-state index contributed by atoms with van der Waals surface area (Å²) in [5.41, 5.74) is 1.68. The fraction of sp³-hybridized carbons (Fsp3) is 0.235. The van der Waals surface area contributed by atoms with Crippen LogP contribution in [0.25, 0.3) is 11.1 Å². The number of halogens is 1. The normalized spacial score (nSPS) is 11.4. The molecule has 0 aliphatic carbocycles. The summed E-state index contributed by atoms with van der Waals surface area (Å²) in [6.45, 7) is 5.08. The van der Waals surface area contributed by atoms with Crippen molar-refractivity contribution < 1.29 is 14.3 Å². The molecule has 0 saturated carbocycles. The largest absolute Gasteiger partial charge is 0.481 e. The van der Waals surface area contributed by atoms with Gasteiger partial charge >= 0.3 is 5.97 Å². The van der Waals surface area contributed by atoms with E-state index in [1.165, 1.54) is 6.07 Å². The van der Waals surface area contributed by atoms with Gasteiger partial charge in [-0.15, -0.1) is 0 Å². The Balaban J connectivity index is 2.48. The predicted molar refractivity (Wildman–Crippen MR) is 77.2 cm³/mol. The van der Waals surface area contributed by atoms with Crippen LogP contribution in [0, 0.1) is 12.7 Å². The lowest BCUT2D eigenvalue weighted by molar-refractivity contribution is -0.142. The summed E-state index contributed by atoms with van der Waals surface area (Å²) in [6, 6.07) is 12.2. The molecule has 0 bridgehead atoms. The third-order valence-electron chi connectivity index (χ3n) is 3.55. The number of carboxylic acid groups (broad SMARTS) is 1. The summed E-state index contributed by atoms with van der Waals surface area (Å²) in [5.74, 6) is -1.37. The van der Waals surface area contributed by atoms with E-state index in [1.807, 2.05) is 31.2 Å². The maximum atomic E-state index is 14.3. The highest BCUT2D eigenvalue weighted by molar-refractivity contribution is 5.80. The first-order valence-corrected chi connectivity index (χ1v) is 6.43. The molecule has 0 saturated heterocycles. The third-order valence-corrected chi connectivity index (χ3v) is 3.55. The van der Waals surface area contributed by atoms with E-state index in [4.69, 9.17) is 0 Å². The molecule has 2 rings (SSSR count). The number of hydrogen-bond acceptors (Lipinski definition) is 1. The minimum atomic E-state index is -1.11. The molecule has 0 amide bonds. The quantitative estimate of drug-likeness (QED) is 0.910. The van der Waals surface area contributed by atoms with Crippen LogP contribution < -0.4 is 0 Å². The van der Waals surface area contributed by atoms with E-state index >= 15 is 0 Å². The van der Waals surface area contributed by atoms with Gasteiger partial charge in [0.15, 0.2) is 0 Å². The van der Waals surface area contributed by atoms with Gasteiger partial charge in [-0.1, -0.05) is 42.0 Å². The molecular weight excluding hydrogens is 255 g/mol. The van der Waals surface area contributed by atoms with Crippen molar-refractivity contribution in [1.29, 1.82) is 0 Å². The number of aliphatic carboxylic acids is 1. The molecule has 0 spiro atoms. The van der Waals surface area contributed by atoms with Crippen molar-refractivity contribution in [2.45, 2.75) is 26.2 Å². The van der Waals surface area contributed by atoms with E-state index in [1.54, 1.807) is 26.0 Å². The summed E-state index contributed by atoms with van der Waals surface area (Å²) in [6.07, 6.45) is 0. The summed E-state index contributed by atoms with van der Waals surface area (Å²) < 4.78 is 14.3. The van der Waals surface area contributed by atoms with Crippen LogP contribution in [0.4, 0.5) is 4.39 Å². The molecule has 3 heteroatoms. The SMILES string of the molecule is Cc1cccc(-c2ccc(C(C)(C)C(=O)O)cc2F)c1. The van der Waals surface area contributed by atoms with Crippen LogP contribution in [-0.2, 0) is 10.2 Å². The van der Waals surface area contributed by atoms with Gasteiger partial charge in [0.2, 0.25) is 0 Å². The Kier molecular flexibility index (Phi) is 3.62. The van der Waals surface area contributed by atoms with Crippen LogP contribution in [0.5, 0.6) is 0 Å². The molecule has 0 unspecified atom stereocenters. The van der Waals surface area contributed by atoms with Gasteiger partial charge in [-0.2, -0.15) is 0 Å². The topological polar surface area (TPSA) is 37.3 Å². The van der Waals surface area contributed by atoms with E-state index in [9.17, 15) is 14.3 Å². The average Bonchev–Trinajstić information content (AvgIpc) is 2.38. The zero-order valence-electron chi connectivity index (χ0n) is 11.8. The lowest BCUT2D eigenvalue weighted by Crippen LogP contribution is -2.28. The van der Waals surface area contributed by atoms with Crippen molar-refractivity contribution in [3.63, 3.8) is 0 Å². The molecule has 0 atom stereocenters. The Morgan fingerprint density at radius 3 is 2.40 bits per heavy atom. The number of rotatable bonds is 3. The second-order valence-electron chi connectivity index (χ2n) is 5.49. The van der Waals surface area contributed by atoms with E-state index in [0.29, 0.717) is 11.1 Å². The number of carbonyl (C=O) groups is 1. The van der Waals surface area contributed by atoms with E-state index in [0.717, 1.165) is 11.1 Å². The van der Waals surface area contributed by atoms with Gasteiger partial charge in [0.1, 0.15) is 5.82 Å². The predicted octanol–water partition coefficient (Wildman–Crippen LogP) is 4.16. The van der Waals surface area contributed by atoms with Gasteiger partial charge < -0.3 is 5.11 Å². The molecule has 0 heterocycles. The molecule has 0 aliphatic heterocycles. The third kappa shape index (κ3) is 2.57. The highest BCUT2D eigenvalue weighted by Crippen LogP contribution is 2.29. The Bertz CT molecular complexity index is 660. The lowest BCUT2D eigenvalue weighted by Gasteiger charge is -2.20. The summed E-state index contributed by atoms with van der Waals surface area (Å²) in [7, 11) is 0. The standard InChI is InChI=1S/C17H17FO2/c1-11-5-4-6-12(9-11)14-8-7-13(10-15(14)18)17(2,3)16(19)20/h4-10H,1-3H3,(H,19,20). The van der Waals surface area contributed by atoms with E-state index in [2.05, 4.69) is 0 Å². The number of carboxylic acids is 1. The maximum Gasteiger partial charge on any atom is 0.313 e. The zero-order valence-corrected chi connectivity index (χ0v) is 11.8. The summed E-state index contributed by atoms with van der Waals surface area (Å²) in [4.78, 5) is 11.2. The van der Waals surface area contributed by atoms with Crippen LogP contribution in [0.1, 0.15) is 25.0 Å². The summed E-state index contributed by atoms with van der Waals surface area (Å²) >= 11 is 0. The Morgan fingerprint density at radius 1 is 1.15 bits per heavy atom. The fourth-order valence-electron chi connectivity index (χ4n) is 2.07. The molecule has 2 aromatic carbocycles. The smallest absolute Gasteiger partial charge is 0.313 e. The van der Waals surface area contributed by atoms with Crippen LogP contribution in [0.15, 0.2) is 42.5 Å². The van der Waals surface area contributed by atoms with Crippen LogP contribution in [0.2, 0.25) is 0 Å². The van der Waals surface area contributed by atoms with Crippen molar-refractivity contribution >= 4 is 5.97 Å². The van der Waals surface area contributed by atoms with Crippen molar-refractivity contribution in [2.24, 2.45) is 0 Å². The molecule has 104 valence electrons. The number of hydrogen-bond donors (Lipinski definition) is 1. The highest BCUT2D eigenvalue weighted by Gasteiger charge is 2.30. The van der Waals surface area contributed by atoms with Crippen molar-refractivity contribution in [2.75, 3.05) is 0 Å². The molecule has 0 fully saturated rings. The van der Waals surface area contributed by atoms with Gasteiger partial charge in [-0.05, 0) is 38.0 Å². The zero-order chi connectivity index (χ0) is 14.9. The Morgan fingerprint density at radius 2 is 1.85 bits per heavy atom. The molecule has 0 aliphatic rings. The van der Waals surface area contributed by atoms with E-state index in [-0.39, 0.29) is 0 Å². The van der Waals surface area contributed by atoms with Gasteiger partial charge in [0.25, 0.3) is 0 Å². The second kappa shape index (κ2) is 5.08. The molecule has 20 heavy (non-hydrogen) atoms. The average molecular weight is 272 g/mol. The molecule has 1 N–H and O–H groups in total. The first kappa shape index (κ1) is 14.3. The number of benzene rings is 2. The van der Waals surface area contributed by atoms with Crippen molar-refractivity contribution in [3.8, 4) is 11.1 Å². The summed E-state index contributed by atoms with van der Waals surface area (Å²) in [5, 5.41) is 9.19. The van der Waals surface area contributed by atoms with Crippen LogP contribution in [-0.4, -0.2) is 11.1 Å². The molecule has 0 aromatic heterocycles. The first-order chi connectivity index (χ1) is 9.32. The molecular formula is C17H17FO2. The monoisotopic (exact) mass is 272 g/mol. The fourth-order valence-corrected chi connectivity index (χ4v) is 2.07. The van der Waals surface area contributed by atoms with Crippen molar-refractivity contribution in [1.82, 2.24) is 0 Å². The van der Waals surface area contributed by atoms with E-state index < -0.39 is 17.2 Å². The minimum absolute atomic E-state index is 0.401. The maximum absolute atomic E-state index is 14.3. The Hall–Kier alpha value is -2.16. The van der Waals surface area contributed by atoms with Gasteiger partial charge in [0, 0.05) is 5.56 Å². The van der Waals surface area contributed by atoms with Gasteiger partial charge in [-0.25, -0.2) is 4.39 Å². The highest BCUT2D eigenvalue weighted by atomic mass is 19.1. The minimum Gasteiger partial charge on any atom is -0.481 e. The number of aryl methyl sites for hydroxylation is 1. The van der Waals surface area contributed by atoms with Gasteiger partial charge in [0.05, 0.1) is 5.41 Å². The Labute approximate surface area is 117 Å². The molecule has 2 aromatic rings. The molecule has 0 radical (unpaired) electrons. The molecule has 2 nitrogen and oxygen atoms in total. The van der Waals surface area contributed by atoms with Crippen LogP contribution in [0.3, 0.4) is 0 Å². The second-order valence-corrected chi connectivity index (χ2v) is 5.49. The van der Waals surface area contributed by atoms with Crippen LogP contribution >= 0.6 is 0 Å². The van der Waals surface area contributed by atoms with Gasteiger partial charge in [-0.3, -0.25) is 4.79 Å². The lowest BCUT2D eigenvalue weighted by atomic mass is 9.84.